The van der Waals surface area contributed by atoms with Gasteiger partial charge in [0, 0.05) is 11.8 Å². The van der Waals surface area contributed by atoms with Crippen LogP contribution in [-0.2, 0) is 6.54 Å². The lowest BCUT2D eigenvalue weighted by atomic mass is 10.3. The Balaban J connectivity index is 2.43. The molecule has 52 valence electrons. The van der Waals surface area contributed by atoms with E-state index in [0.717, 1.165) is 12.4 Å². The van der Waals surface area contributed by atoms with Gasteiger partial charge in [-0.1, -0.05) is 0 Å². The van der Waals surface area contributed by atoms with Gasteiger partial charge in [-0.05, 0) is 6.07 Å². The smallest absolute Gasteiger partial charge is 0.136 e. The normalized spacial score (nSPS) is 15.5. The van der Waals surface area contributed by atoms with Gasteiger partial charge in [-0.2, -0.15) is 0 Å². The van der Waals surface area contributed by atoms with Crippen molar-refractivity contribution in [3.05, 3.63) is 17.8 Å². The van der Waals surface area contributed by atoms with Crippen molar-refractivity contribution >= 4 is 28.3 Å². The molecule has 0 saturated carbocycles. The monoisotopic (exact) mass is 199 g/mol. The van der Waals surface area contributed by atoms with Crippen molar-refractivity contribution in [2.75, 3.05) is 0 Å². The van der Waals surface area contributed by atoms with Gasteiger partial charge < -0.3 is 4.98 Å². The molecule has 0 spiro atoms. The Morgan fingerprint density at radius 2 is 2.60 bits per heavy atom. The summed E-state index contributed by atoms with van der Waals surface area (Å²) < 4.78 is 1.86. The number of aromatic amines is 1. The van der Waals surface area contributed by atoms with Crippen molar-refractivity contribution in [1.82, 2.24) is 8.91 Å². The molecule has 0 aromatic carbocycles. The van der Waals surface area contributed by atoms with Crippen LogP contribution < -0.4 is 0 Å². The zero-order chi connectivity index (χ0) is 6.97. The SMILES string of the molecule is BrN1C=Nc2[nH]ccc2C1. The van der Waals surface area contributed by atoms with Crippen LogP contribution in [0, 0.1) is 0 Å². The summed E-state index contributed by atoms with van der Waals surface area (Å²) in [6.07, 6.45) is 3.65. The third-order valence-corrected chi connectivity index (χ3v) is 1.88. The van der Waals surface area contributed by atoms with Crippen LogP contribution in [0.4, 0.5) is 5.82 Å². The molecule has 1 aromatic heterocycles. The predicted octanol–water partition coefficient (Wildman–Crippen LogP) is 1.80. The molecule has 0 unspecified atom stereocenters. The lowest BCUT2D eigenvalue weighted by molar-refractivity contribution is 0.699. The van der Waals surface area contributed by atoms with Gasteiger partial charge >= 0.3 is 0 Å². The maximum absolute atomic E-state index is 4.13. The molecule has 1 aliphatic heterocycles. The zero-order valence-electron chi connectivity index (χ0n) is 5.21. The first-order valence-corrected chi connectivity index (χ1v) is 3.70. The number of nitrogens with zero attached hydrogens (tertiary/aromatic N) is 2. The average molecular weight is 200 g/mol. The number of hydrogen-bond acceptors (Lipinski definition) is 2. The van der Waals surface area contributed by atoms with Gasteiger partial charge in [0.2, 0.25) is 0 Å². The molecule has 0 aliphatic carbocycles. The van der Waals surface area contributed by atoms with Crippen LogP contribution >= 0.6 is 16.1 Å². The van der Waals surface area contributed by atoms with Crippen LogP contribution in [-0.4, -0.2) is 15.2 Å². The third-order valence-electron chi connectivity index (χ3n) is 1.44. The lowest BCUT2D eigenvalue weighted by Crippen LogP contribution is -2.10. The summed E-state index contributed by atoms with van der Waals surface area (Å²) in [4.78, 5) is 7.17. The van der Waals surface area contributed by atoms with Crippen molar-refractivity contribution < 1.29 is 0 Å². The van der Waals surface area contributed by atoms with E-state index in [4.69, 9.17) is 0 Å². The highest BCUT2D eigenvalue weighted by atomic mass is 79.9. The van der Waals surface area contributed by atoms with E-state index in [9.17, 15) is 0 Å². The minimum absolute atomic E-state index is 0.877. The standard InChI is InChI=1S/C6H6BrN3/c7-10-3-5-1-2-8-6(5)9-4-10/h1-2,4,8H,3H2. The molecule has 0 radical (unpaired) electrons. The van der Waals surface area contributed by atoms with Gasteiger partial charge in [-0.25, -0.2) is 4.99 Å². The molecule has 0 bridgehead atoms. The molecule has 2 rings (SSSR count). The van der Waals surface area contributed by atoms with E-state index in [-0.39, 0.29) is 0 Å². The number of halogens is 1. The number of fused-ring (bicyclic) bond motifs is 1. The van der Waals surface area contributed by atoms with Gasteiger partial charge in [0.15, 0.2) is 0 Å². The van der Waals surface area contributed by atoms with E-state index in [1.54, 1.807) is 6.34 Å². The van der Waals surface area contributed by atoms with Gasteiger partial charge in [0.25, 0.3) is 0 Å². The first-order chi connectivity index (χ1) is 4.86. The first kappa shape index (κ1) is 5.97. The molecule has 1 aromatic rings. The molecule has 0 atom stereocenters. The summed E-state index contributed by atoms with van der Waals surface area (Å²) in [6, 6.07) is 2.03. The zero-order valence-corrected chi connectivity index (χ0v) is 6.80. The molecule has 1 N–H and O–H groups in total. The van der Waals surface area contributed by atoms with Crippen LogP contribution in [0.2, 0.25) is 0 Å². The van der Waals surface area contributed by atoms with E-state index in [0.29, 0.717) is 0 Å². The van der Waals surface area contributed by atoms with Crippen molar-refractivity contribution in [1.29, 1.82) is 0 Å². The molecule has 4 heteroatoms. The highest BCUT2D eigenvalue weighted by Gasteiger charge is 2.08. The quantitative estimate of drug-likeness (QED) is 0.636. The molecule has 3 nitrogen and oxygen atoms in total. The number of hydrogen-bond donors (Lipinski definition) is 1. The van der Waals surface area contributed by atoms with Crippen LogP contribution in [0.1, 0.15) is 5.56 Å². The Morgan fingerprint density at radius 1 is 1.70 bits per heavy atom. The number of H-pyrrole nitrogens is 1. The summed E-state index contributed by atoms with van der Waals surface area (Å²) in [5.74, 6) is 0.968. The molecular weight excluding hydrogens is 194 g/mol. The Morgan fingerprint density at radius 3 is 3.50 bits per heavy atom. The molecule has 0 saturated heterocycles. The minimum atomic E-state index is 0.877. The summed E-state index contributed by atoms with van der Waals surface area (Å²) in [5.41, 5.74) is 1.22. The number of rotatable bonds is 0. The van der Waals surface area contributed by atoms with Gasteiger partial charge in [-0.3, -0.25) is 3.93 Å². The summed E-state index contributed by atoms with van der Waals surface area (Å²) in [6.45, 7) is 0.877. The topological polar surface area (TPSA) is 31.4 Å². The Hall–Kier alpha value is -0.770. The van der Waals surface area contributed by atoms with E-state index in [1.165, 1.54) is 5.56 Å². The average Bonchev–Trinajstić information content (AvgIpc) is 2.33. The summed E-state index contributed by atoms with van der Waals surface area (Å²) >= 11 is 3.31. The van der Waals surface area contributed by atoms with E-state index >= 15 is 0 Å². The molecular formula is C6H6BrN3. The molecule has 0 fully saturated rings. The second kappa shape index (κ2) is 2.12. The van der Waals surface area contributed by atoms with Crippen LogP contribution in [0.5, 0.6) is 0 Å². The molecule has 2 heterocycles. The number of nitrogens with one attached hydrogen (secondary N) is 1. The van der Waals surface area contributed by atoms with E-state index in [2.05, 4.69) is 26.1 Å². The molecule has 0 amide bonds. The van der Waals surface area contributed by atoms with Gasteiger partial charge in [0.1, 0.15) is 12.2 Å². The third kappa shape index (κ3) is 0.844. The fraction of sp³-hybridized carbons (Fsp3) is 0.167. The second-order valence-electron chi connectivity index (χ2n) is 2.15. The highest BCUT2D eigenvalue weighted by Crippen LogP contribution is 2.22. The van der Waals surface area contributed by atoms with Crippen LogP contribution in [0.25, 0.3) is 0 Å². The minimum Gasteiger partial charge on any atom is -0.346 e. The fourth-order valence-electron chi connectivity index (χ4n) is 0.965. The Kier molecular flexibility index (Phi) is 1.27. The predicted molar refractivity (Wildman–Crippen MR) is 43.4 cm³/mol. The van der Waals surface area contributed by atoms with Crippen molar-refractivity contribution in [2.24, 2.45) is 4.99 Å². The fourth-order valence-corrected chi connectivity index (χ4v) is 1.33. The van der Waals surface area contributed by atoms with Crippen molar-refractivity contribution in [3.63, 3.8) is 0 Å². The lowest BCUT2D eigenvalue weighted by Gasteiger charge is -2.13. The second-order valence-corrected chi connectivity index (χ2v) is 3.06. The Labute approximate surface area is 67.1 Å². The molecule has 10 heavy (non-hydrogen) atoms. The van der Waals surface area contributed by atoms with E-state index < -0.39 is 0 Å². The van der Waals surface area contributed by atoms with Crippen LogP contribution in [0.15, 0.2) is 17.3 Å². The first-order valence-electron chi connectivity index (χ1n) is 2.99. The van der Waals surface area contributed by atoms with Gasteiger partial charge in [-0.15, -0.1) is 0 Å². The summed E-state index contributed by atoms with van der Waals surface area (Å²) in [7, 11) is 0. The number of aromatic nitrogens is 1. The van der Waals surface area contributed by atoms with E-state index in [1.807, 2.05) is 16.2 Å². The van der Waals surface area contributed by atoms with Crippen molar-refractivity contribution in [3.8, 4) is 0 Å². The maximum Gasteiger partial charge on any atom is 0.136 e. The van der Waals surface area contributed by atoms with Gasteiger partial charge in [0.05, 0.1) is 22.7 Å². The Bertz CT molecular complexity index is 266. The van der Waals surface area contributed by atoms with Crippen LogP contribution in [0.3, 0.4) is 0 Å². The highest BCUT2D eigenvalue weighted by molar-refractivity contribution is 9.07. The van der Waals surface area contributed by atoms with Crippen molar-refractivity contribution in [2.45, 2.75) is 6.54 Å². The number of aliphatic imine (C=N–C) groups is 1. The summed E-state index contributed by atoms with van der Waals surface area (Å²) in [5, 5.41) is 0. The molecule has 1 aliphatic rings. The largest absolute Gasteiger partial charge is 0.346 e. The maximum atomic E-state index is 4.13.